The van der Waals surface area contributed by atoms with Gasteiger partial charge in [0.1, 0.15) is 0 Å². The highest BCUT2D eigenvalue weighted by Crippen LogP contribution is 2.32. The largest absolute Gasteiger partial charge is 0.330 e. The van der Waals surface area contributed by atoms with Gasteiger partial charge >= 0.3 is 0 Å². The second kappa shape index (κ2) is 10.1. The van der Waals surface area contributed by atoms with Crippen molar-refractivity contribution in [1.82, 2.24) is 4.90 Å². The predicted octanol–water partition coefficient (Wildman–Crippen LogP) is 3.85. The van der Waals surface area contributed by atoms with Gasteiger partial charge in [0.05, 0.1) is 0 Å². The lowest BCUT2D eigenvalue weighted by atomic mass is 9.76. The fourth-order valence-corrected chi connectivity index (χ4v) is 3.61. The Kier molecular flexibility index (Phi) is 10.2. The van der Waals surface area contributed by atoms with Crippen LogP contribution >= 0.6 is 11.8 Å². The summed E-state index contributed by atoms with van der Waals surface area (Å²) >= 11 is 1.96. The maximum atomic E-state index is 5.75. The first kappa shape index (κ1) is 19.3. The van der Waals surface area contributed by atoms with E-state index in [2.05, 4.69) is 45.9 Å². The smallest absolute Gasteiger partial charge is 0.0180 e. The second-order valence-corrected chi connectivity index (χ2v) is 7.69. The molecular formula is C16H36N2S. The van der Waals surface area contributed by atoms with Crippen molar-refractivity contribution in [3.63, 3.8) is 0 Å². The van der Waals surface area contributed by atoms with Crippen LogP contribution < -0.4 is 5.73 Å². The summed E-state index contributed by atoms with van der Waals surface area (Å²) in [5, 5.41) is 0. The van der Waals surface area contributed by atoms with E-state index in [0.717, 1.165) is 24.9 Å². The molecule has 2 N–H and O–H groups in total. The van der Waals surface area contributed by atoms with Gasteiger partial charge in [-0.15, -0.1) is 0 Å². The molecule has 2 unspecified atom stereocenters. The minimum Gasteiger partial charge on any atom is -0.330 e. The topological polar surface area (TPSA) is 29.3 Å². The zero-order valence-electron chi connectivity index (χ0n) is 14.0. The summed E-state index contributed by atoms with van der Waals surface area (Å²) in [5.74, 6) is 2.00. The number of hydrogen-bond acceptors (Lipinski definition) is 3. The quantitative estimate of drug-likeness (QED) is 0.662. The fourth-order valence-electron chi connectivity index (χ4n) is 2.73. The molecule has 0 fully saturated rings. The Balaban J connectivity index is 4.10. The van der Waals surface area contributed by atoms with Gasteiger partial charge in [-0.3, -0.25) is 0 Å². The molecule has 0 aromatic rings. The monoisotopic (exact) mass is 288 g/mol. The Morgan fingerprint density at radius 3 is 2.26 bits per heavy atom. The minimum absolute atomic E-state index is 0.390. The van der Waals surface area contributed by atoms with E-state index in [4.69, 9.17) is 5.73 Å². The van der Waals surface area contributed by atoms with Gasteiger partial charge in [-0.05, 0) is 63.4 Å². The molecule has 0 radical (unpaired) electrons. The van der Waals surface area contributed by atoms with Gasteiger partial charge < -0.3 is 10.6 Å². The van der Waals surface area contributed by atoms with E-state index in [1.165, 1.54) is 31.6 Å². The predicted molar refractivity (Wildman–Crippen MR) is 90.9 cm³/mol. The van der Waals surface area contributed by atoms with Crippen molar-refractivity contribution < 1.29 is 0 Å². The van der Waals surface area contributed by atoms with E-state index in [-0.39, 0.29) is 0 Å². The molecule has 0 heterocycles. The van der Waals surface area contributed by atoms with Crippen LogP contribution in [0.15, 0.2) is 0 Å². The molecule has 0 aromatic heterocycles. The van der Waals surface area contributed by atoms with Crippen molar-refractivity contribution >= 4 is 11.8 Å². The lowest BCUT2D eigenvalue weighted by Gasteiger charge is -2.32. The van der Waals surface area contributed by atoms with Crippen molar-refractivity contribution in [2.75, 3.05) is 32.1 Å². The number of rotatable bonds is 10. The molecule has 3 heteroatoms. The molecule has 0 amide bonds. The molecule has 116 valence electrons. The molecule has 0 saturated carbocycles. The molecule has 0 bridgehead atoms. The zero-order valence-corrected chi connectivity index (χ0v) is 14.9. The van der Waals surface area contributed by atoms with Crippen LogP contribution in [0.3, 0.4) is 0 Å². The molecule has 0 saturated heterocycles. The van der Waals surface area contributed by atoms with Crippen LogP contribution in [0.25, 0.3) is 0 Å². The Hall–Kier alpha value is 0.270. The van der Waals surface area contributed by atoms with E-state index in [1.54, 1.807) is 0 Å². The summed E-state index contributed by atoms with van der Waals surface area (Å²) in [6.07, 6.45) is 7.22. The second-order valence-electron chi connectivity index (χ2n) is 6.78. The highest BCUT2D eigenvalue weighted by atomic mass is 32.2. The maximum Gasteiger partial charge on any atom is 0.0180 e. The van der Waals surface area contributed by atoms with Gasteiger partial charge in [-0.25, -0.2) is 0 Å². The highest BCUT2D eigenvalue weighted by Gasteiger charge is 2.23. The van der Waals surface area contributed by atoms with Crippen LogP contribution in [0.2, 0.25) is 0 Å². The molecule has 19 heavy (non-hydrogen) atoms. The number of nitrogens with zero attached hydrogens (tertiary/aromatic N) is 1. The van der Waals surface area contributed by atoms with Crippen molar-refractivity contribution in [3.8, 4) is 0 Å². The van der Waals surface area contributed by atoms with Crippen molar-refractivity contribution in [2.24, 2.45) is 17.1 Å². The average Bonchev–Trinajstić information content (AvgIpc) is 2.33. The van der Waals surface area contributed by atoms with E-state index in [9.17, 15) is 0 Å². The first-order chi connectivity index (χ1) is 8.86. The number of hydrogen-bond donors (Lipinski definition) is 1. The molecule has 2 atom stereocenters. The van der Waals surface area contributed by atoms with Crippen molar-refractivity contribution in [1.29, 1.82) is 0 Å². The molecule has 2 nitrogen and oxygen atoms in total. The molecule has 0 rings (SSSR count). The number of nitrogens with two attached hydrogens (primary N) is 1. The first-order valence-electron chi connectivity index (χ1n) is 7.76. The lowest BCUT2D eigenvalue weighted by Crippen LogP contribution is -2.34. The maximum absolute atomic E-state index is 5.75. The third-order valence-electron chi connectivity index (χ3n) is 4.26. The Morgan fingerprint density at radius 1 is 1.21 bits per heavy atom. The van der Waals surface area contributed by atoms with Crippen LogP contribution in [0.1, 0.15) is 53.4 Å². The Labute approximate surface area is 125 Å². The Bertz CT molecular complexity index is 213. The van der Waals surface area contributed by atoms with Crippen molar-refractivity contribution in [2.45, 2.75) is 59.4 Å². The van der Waals surface area contributed by atoms with Gasteiger partial charge in [0.25, 0.3) is 0 Å². The summed E-state index contributed by atoms with van der Waals surface area (Å²) in [5.41, 5.74) is 6.14. The highest BCUT2D eigenvalue weighted by molar-refractivity contribution is 7.98. The van der Waals surface area contributed by atoms with Crippen molar-refractivity contribution in [3.05, 3.63) is 0 Å². The van der Waals surface area contributed by atoms with Crippen LogP contribution in [0, 0.1) is 11.3 Å². The van der Waals surface area contributed by atoms with Gasteiger partial charge in [-0.2, -0.15) is 11.8 Å². The molecular weight excluding hydrogens is 252 g/mol. The normalized spacial score (nSPS) is 15.8. The van der Waals surface area contributed by atoms with E-state index in [1.807, 2.05) is 11.8 Å². The first-order valence-corrected chi connectivity index (χ1v) is 9.15. The Morgan fingerprint density at radius 2 is 1.84 bits per heavy atom. The molecule has 0 spiro atoms. The van der Waals surface area contributed by atoms with E-state index < -0.39 is 0 Å². The van der Waals surface area contributed by atoms with Gasteiger partial charge in [0.15, 0.2) is 0 Å². The standard InChI is InChI=1S/C16H36N2S/c1-7-15(13-19-6)18(5)12-8-9-14(10-11-17)16(2,3)4/h14-15H,7-13,17H2,1-6H3. The van der Waals surface area contributed by atoms with Crippen LogP contribution in [0.4, 0.5) is 0 Å². The molecule has 0 aromatic carbocycles. The summed E-state index contributed by atoms with van der Waals surface area (Å²) in [4.78, 5) is 2.54. The molecule has 0 aliphatic rings. The summed E-state index contributed by atoms with van der Waals surface area (Å²) in [7, 11) is 2.28. The zero-order chi connectivity index (χ0) is 14.9. The summed E-state index contributed by atoms with van der Waals surface area (Å²) in [6, 6.07) is 0.734. The average molecular weight is 289 g/mol. The third-order valence-corrected chi connectivity index (χ3v) is 4.98. The lowest BCUT2D eigenvalue weighted by molar-refractivity contribution is 0.190. The van der Waals surface area contributed by atoms with Crippen LogP contribution in [-0.2, 0) is 0 Å². The molecule has 0 aliphatic carbocycles. The third kappa shape index (κ3) is 8.21. The van der Waals surface area contributed by atoms with Gasteiger partial charge in [0, 0.05) is 11.8 Å². The van der Waals surface area contributed by atoms with Gasteiger partial charge in [0.2, 0.25) is 0 Å². The van der Waals surface area contributed by atoms with Crippen LogP contribution in [-0.4, -0.2) is 43.1 Å². The van der Waals surface area contributed by atoms with Gasteiger partial charge in [-0.1, -0.05) is 27.7 Å². The number of thioether (sulfide) groups is 1. The minimum atomic E-state index is 0.390. The fraction of sp³-hybridized carbons (Fsp3) is 1.00. The molecule has 0 aliphatic heterocycles. The SMILES string of the molecule is CCC(CSC)N(C)CCCC(CCN)C(C)(C)C. The summed E-state index contributed by atoms with van der Waals surface area (Å²) in [6.45, 7) is 11.4. The van der Waals surface area contributed by atoms with E-state index in [0.29, 0.717) is 5.41 Å². The van der Waals surface area contributed by atoms with Crippen LogP contribution in [0.5, 0.6) is 0 Å². The van der Waals surface area contributed by atoms with E-state index >= 15 is 0 Å². The summed E-state index contributed by atoms with van der Waals surface area (Å²) < 4.78 is 0.